The second kappa shape index (κ2) is 7.24. The molecular formula is C13H28N2. The maximum Gasteiger partial charge on any atom is 0.00670 e. The van der Waals surface area contributed by atoms with E-state index in [4.69, 9.17) is 0 Å². The smallest absolute Gasteiger partial charge is 0.00670 e. The third kappa shape index (κ3) is 6.16. The molecule has 0 unspecified atom stereocenters. The summed E-state index contributed by atoms with van der Waals surface area (Å²) in [5.74, 6) is 0.790. The van der Waals surface area contributed by atoms with Crippen molar-refractivity contribution in [3.05, 3.63) is 0 Å². The Morgan fingerprint density at radius 3 is 2.53 bits per heavy atom. The molecule has 0 bridgehead atoms. The number of nitrogens with one attached hydrogen (secondary N) is 1. The van der Waals surface area contributed by atoms with Gasteiger partial charge in [-0.05, 0) is 45.3 Å². The van der Waals surface area contributed by atoms with Gasteiger partial charge in [0.2, 0.25) is 0 Å². The number of hydrogen-bond acceptors (Lipinski definition) is 2. The van der Waals surface area contributed by atoms with Crippen LogP contribution in [0.15, 0.2) is 0 Å². The van der Waals surface area contributed by atoms with Crippen LogP contribution in [0.1, 0.15) is 46.0 Å². The third-order valence-corrected chi connectivity index (χ3v) is 3.18. The van der Waals surface area contributed by atoms with Crippen LogP contribution in [0.2, 0.25) is 0 Å². The molecule has 1 fully saturated rings. The fourth-order valence-electron chi connectivity index (χ4n) is 2.50. The molecule has 0 amide bonds. The summed E-state index contributed by atoms with van der Waals surface area (Å²) in [7, 11) is 2.23. The van der Waals surface area contributed by atoms with Gasteiger partial charge in [0.15, 0.2) is 0 Å². The van der Waals surface area contributed by atoms with E-state index in [9.17, 15) is 0 Å². The van der Waals surface area contributed by atoms with Crippen LogP contribution in [-0.4, -0.2) is 37.6 Å². The van der Waals surface area contributed by atoms with E-state index in [1.54, 1.807) is 0 Å². The lowest BCUT2D eigenvalue weighted by Crippen LogP contribution is -2.31. The van der Waals surface area contributed by atoms with Crippen molar-refractivity contribution in [2.75, 3.05) is 26.7 Å². The van der Waals surface area contributed by atoms with Crippen molar-refractivity contribution < 1.29 is 0 Å². The molecule has 0 heterocycles. The van der Waals surface area contributed by atoms with E-state index in [0.29, 0.717) is 0 Å². The summed E-state index contributed by atoms with van der Waals surface area (Å²) < 4.78 is 0. The zero-order valence-corrected chi connectivity index (χ0v) is 10.8. The highest BCUT2D eigenvalue weighted by Crippen LogP contribution is 2.17. The van der Waals surface area contributed by atoms with E-state index in [-0.39, 0.29) is 0 Å². The monoisotopic (exact) mass is 212 g/mol. The first-order chi connectivity index (χ1) is 7.18. The van der Waals surface area contributed by atoms with Crippen LogP contribution in [0.3, 0.4) is 0 Å². The van der Waals surface area contributed by atoms with Crippen molar-refractivity contribution in [3.63, 3.8) is 0 Å². The topological polar surface area (TPSA) is 15.3 Å². The highest BCUT2D eigenvalue weighted by molar-refractivity contribution is 4.73. The summed E-state index contributed by atoms with van der Waals surface area (Å²) in [6.07, 6.45) is 6.97. The molecule has 1 rings (SSSR count). The van der Waals surface area contributed by atoms with Crippen molar-refractivity contribution in [2.24, 2.45) is 5.92 Å². The minimum Gasteiger partial charge on any atom is -0.314 e. The summed E-state index contributed by atoms with van der Waals surface area (Å²) in [5, 5.41) is 3.66. The molecule has 0 saturated heterocycles. The quantitative estimate of drug-likeness (QED) is 0.652. The van der Waals surface area contributed by atoms with Crippen LogP contribution in [0.5, 0.6) is 0 Å². The van der Waals surface area contributed by atoms with Crippen molar-refractivity contribution in [2.45, 2.75) is 52.0 Å². The molecular weight excluding hydrogens is 184 g/mol. The molecule has 90 valence electrons. The standard InChI is InChI=1S/C13H28N2/c1-12(2)11-15(3)10-6-9-14-13-7-4-5-8-13/h12-14H,4-11H2,1-3H3. The van der Waals surface area contributed by atoms with Gasteiger partial charge < -0.3 is 10.2 Å². The van der Waals surface area contributed by atoms with E-state index in [1.807, 2.05) is 0 Å². The van der Waals surface area contributed by atoms with Crippen molar-refractivity contribution in [3.8, 4) is 0 Å². The second-order valence-electron chi connectivity index (χ2n) is 5.45. The SMILES string of the molecule is CC(C)CN(C)CCCNC1CCCC1. The van der Waals surface area contributed by atoms with Gasteiger partial charge in [0.1, 0.15) is 0 Å². The van der Waals surface area contributed by atoms with Gasteiger partial charge in [-0.3, -0.25) is 0 Å². The molecule has 2 nitrogen and oxygen atoms in total. The van der Waals surface area contributed by atoms with Crippen LogP contribution < -0.4 is 5.32 Å². The van der Waals surface area contributed by atoms with Gasteiger partial charge in [0.05, 0.1) is 0 Å². The summed E-state index contributed by atoms with van der Waals surface area (Å²) in [6, 6.07) is 0.834. The minimum absolute atomic E-state index is 0.790. The first kappa shape index (κ1) is 13.0. The Hall–Kier alpha value is -0.0800. The maximum absolute atomic E-state index is 3.66. The molecule has 0 aromatic heterocycles. The molecule has 0 spiro atoms. The molecule has 0 radical (unpaired) electrons. The maximum atomic E-state index is 3.66. The lowest BCUT2D eigenvalue weighted by atomic mass is 10.2. The molecule has 1 saturated carbocycles. The average molecular weight is 212 g/mol. The molecule has 0 aliphatic heterocycles. The zero-order chi connectivity index (χ0) is 11.1. The highest BCUT2D eigenvalue weighted by atomic mass is 15.1. The normalized spacial score (nSPS) is 18.2. The van der Waals surface area contributed by atoms with Gasteiger partial charge in [-0.25, -0.2) is 0 Å². The Bertz CT molecular complexity index is 151. The van der Waals surface area contributed by atoms with E-state index in [0.717, 1.165) is 12.0 Å². The first-order valence-corrected chi connectivity index (χ1v) is 6.60. The zero-order valence-electron chi connectivity index (χ0n) is 10.8. The summed E-state index contributed by atoms with van der Waals surface area (Å²) >= 11 is 0. The molecule has 1 aliphatic carbocycles. The van der Waals surface area contributed by atoms with Crippen LogP contribution >= 0.6 is 0 Å². The Morgan fingerprint density at radius 2 is 1.93 bits per heavy atom. The van der Waals surface area contributed by atoms with E-state index in [2.05, 4.69) is 31.1 Å². The number of nitrogens with zero attached hydrogens (tertiary/aromatic N) is 1. The Morgan fingerprint density at radius 1 is 1.27 bits per heavy atom. The van der Waals surface area contributed by atoms with Gasteiger partial charge in [0, 0.05) is 12.6 Å². The van der Waals surface area contributed by atoms with Crippen LogP contribution in [0.4, 0.5) is 0 Å². The first-order valence-electron chi connectivity index (χ1n) is 6.60. The molecule has 0 aromatic rings. The Balaban J connectivity index is 1.91. The fourth-order valence-corrected chi connectivity index (χ4v) is 2.50. The van der Waals surface area contributed by atoms with E-state index >= 15 is 0 Å². The van der Waals surface area contributed by atoms with Crippen molar-refractivity contribution in [1.29, 1.82) is 0 Å². The van der Waals surface area contributed by atoms with Gasteiger partial charge >= 0.3 is 0 Å². The molecule has 2 heteroatoms. The lowest BCUT2D eigenvalue weighted by Gasteiger charge is -2.19. The van der Waals surface area contributed by atoms with Gasteiger partial charge in [-0.1, -0.05) is 26.7 Å². The minimum atomic E-state index is 0.790. The third-order valence-electron chi connectivity index (χ3n) is 3.18. The lowest BCUT2D eigenvalue weighted by molar-refractivity contribution is 0.288. The van der Waals surface area contributed by atoms with Gasteiger partial charge in [-0.15, -0.1) is 0 Å². The van der Waals surface area contributed by atoms with Crippen molar-refractivity contribution in [1.82, 2.24) is 10.2 Å². The Kier molecular flexibility index (Phi) is 6.26. The van der Waals surface area contributed by atoms with Crippen LogP contribution in [0, 0.1) is 5.92 Å². The number of hydrogen-bond donors (Lipinski definition) is 1. The second-order valence-corrected chi connectivity index (χ2v) is 5.45. The van der Waals surface area contributed by atoms with E-state index < -0.39 is 0 Å². The highest BCUT2D eigenvalue weighted by Gasteiger charge is 2.13. The predicted molar refractivity (Wildman–Crippen MR) is 67.2 cm³/mol. The summed E-state index contributed by atoms with van der Waals surface area (Å²) in [4.78, 5) is 2.45. The van der Waals surface area contributed by atoms with Crippen molar-refractivity contribution >= 4 is 0 Å². The van der Waals surface area contributed by atoms with Gasteiger partial charge in [-0.2, -0.15) is 0 Å². The summed E-state index contributed by atoms with van der Waals surface area (Å²) in [6.45, 7) is 8.23. The largest absolute Gasteiger partial charge is 0.314 e. The van der Waals surface area contributed by atoms with Gasteiger partial charge in [0.25, 0.3) is 0 Å². The average Bonchev–Trinajstić information content (AvgIpc) is 2.63. The Labute approximate surface area is 95.4 Å². The van der Waals surface area contributed by atoms with Crippen LogP contribution in [0.25, 0.3) is 0 Å². The summed E-state index contributed by atoms with van der Waals surface area (Å²) in [5.41, 5.74) is 0. The fraction of sp³-hybridized carbons (Fsp3) is 1.00. The number of rotatable bonds is 7. The van der Waals surface area contributed by atoms with E-state index in [1.165, 1.54) is 51.7 Å². The molecule has 0 atom stereocenters. The predicted octanol–water partition coefficient (Wildman–Crippen LogP) is 2.50. The molecule has 1 aliphatic rings. The molecule has 15 heavy (non-hydrogen) atoms. The molecule has 0 aromatic carbocycles. The van der Waals surface area contributed by atoms with Crippen LogP contribution in [-0.2, 0) is 0 Å². The molecule has 1 N–H and O–H groups in total.